The van der Waals surface area contributed by atoms with Crippen LogP contribution in [0.3, 0.4) is 0 Å². The van der Waals surface area contributed by atoms with E-state index in [0.29, 0.717) is 29.1 Å². The van der Waals surface area contributed by atoms with Crippen molar-refractivity contribution in [1.82, 2.24) is 35.3 Å². The molecule has 36 heavy (non-hydrogen) atoms. The highest BCUT2D eigenvalue weighted by atomic mass is 16.5. The van der Waals surface area contributed by atoms with E-state index in [1.54, 1.807) is 6.92 Å². The molecule has 2 aromatic heterocycles. The zero-order chi connectivity index (χ0) is 25.4. The molecule has 10 heteroatoms. The van der Waals surface area contributed by atoms with E-state index in [0.717, 1.165) is 56.3 Å². The number of hydrogen-bond acceptors (Lipinski definition) is 8. The monoisotopic (exact) mass is 493 g/mol. The van der Waals surface area contributed by atoms with E-state index in [1.807, 2.05) is 17.0 Å². The molecule has 10 nitrogen and oxygen atoms in total. The van der Waals surface area contributed by atoms with Gasteiger partial charge in [-0.15, -0.1) is 10.2 Å². The van der Waals surface area contributed by atoms with E-state index in [-0.39, 0.29) is 29.9 Å². The predicted molar refractivity (Wildman–Crippen MR) is 130 cm³/mol. The average Bonchev–Trinajstić information content (AvgIpc) is 3.59. The van der Waals surface area contributed by atoms with Crippen LogP contribution >= 0.6 is 0 Å². The SMILES string of the molecule is CC1=C(N2C(=O)C3(CCC(C(C)C(C)CCc4ccc(-n5cnnn5)nn4)CC3)C[C@@H]2C)COC1=O. The maximum Gasteiger partial charge on any atom is 0.336 e. The maximum absolute atomic E-state index is 13.6. The van der Waals surface area contributed by atoms with Gasteiger partial charge in [0.25, 0.3) is 0 Å². The Hall–Kier alpha value is -3.17. The van der Waals surface area contributed by atoms with E-state index in [9.17, 15) is 9.59 Å². The number of amides is 1. The molecule has 5 rings (SSSR count). The van der Waals surface area contributed by atoms with Gasteiger partial charge in [0.05, 0.1) is 22.4 Å². The van der Waals surface area contributed by atoms with E-state index < -0.39 is 0 Å². The molecule has 2 unspecified atom stereocenters. The Kier molecular flexibility index (Phi) is 6.61. The van der Waals surface area contributed by atoms with Crippen LogP contribution in [0, 0.1) is 23.2 Å². The first-order chi connectivity index (χ1) is 17.3. The number of tetrazole rings is 1. The van der Waals surface area contributed by atoms with Gasteiger partial charge in [-0.25, -0.2) is 4.79 Å². The Morgan fingerprint density at radius 3 is 2.56 bits per heavy atom. The van der Waals surface area contributed by atoms with Gasteiger partial charge in [-0.1, -0.05) is 13.8 Å². The summed E-state index contributed by atoms with van der Waals surface area (Å²) < 4.78 is 6.68. The molecule has 0 aromatic carbocycles. The lowest BCUT2D eigenvalue weighted by atomic mass is 9.64. The molecular weight excluding hydrogens is 458 g/mol. The standard InChI is InChI=1S/C26H35N7O3/c1-16(5-6-21-7-8-23(29-28-21)32-15-27-30-31-32)18(3)20-9-11-26(12-10-20)13-17(2)33(25(26)35)22-14-36-24(34)19(22)4/h7-8,15-18,20H,5-6,9-14H2,1-4H3/t16?,17-,18?,20?,26?/m0/s1. The number of cyclic esters (lactones) is 1. The van der Waals surface area contributed by atoms with Crippen molar-refractivity contribution in [2.75, 3.05) is 6.61 Å². The number of carbonyl (C=O) groups excluding carboxylic acids is 2. The third kappa shape index (κ3) is 4.41. The second-order valence-electron chi connectivity index (χ2n) is 11.0. The number of aryl methyl sites for hydroxylation is 1. The highest BCUT2D eigenvalue weighted by Crippen LogP contribution is 2.52. The Bertz CT molecular complexity index is 1140. The lowest BCUT2D eigenvalue weighted by Crippen LogP contribution is -2.39. The smallest absolute Gasteiger partial charge is 0.336 e. The molecule has 1 amide bonds. The summed E-state index contributed by atoms with van der Waals surface area (Å²) in [6.07, 6.45) is 8.31. The molecule has 3 atom stereocenters. The van der Waals surface area contributed by atoms with E-state index in [1.165, 1.54) is 11.0 Å². The highest BCUT2D eigenvalue weighted by Gasteiger charge is 2.53. The van der Waals surface area contributed by atoms with Gasteiger partial charge in [-0.05, 0) is 99.1 Å². The summed E-state index contributed by atoms with van der Waals surface area (Å²) in [6.45, 7) is 8.78. The number of esters is 1. The van der Waals surface area contributed by atoms with Crippen LogP contribution in [0.5, 0.6) is 0 Å². The van der Waals surface area contributed by atoms with Crippen molar-refractivity contribution < 1.29 is 14.3 Å². The topological polar surface area (TPSA) is 116 Å². The molecule has 1 spiro atoms. The minimum Gasteiger partial charge on any atom is -0.456 e. The predicted octanol–water partition coefficient (Wildman–Crippen LogP) is 3.29. The van der Waals surface area contributed by atoms with Gasteiger partial charge in [-0.2, -0.15) is 9.78 Å². The number of rotatable bonds is 7. The van der Waals surface area contributed by atoms with Crippen LogP contribution in [0.4, 0.5) is 0 Å². The molecule has 1 saturated carbocycles. The molecule has 0 bridgehead atoms. The third-order valence-electron chi connectivity index (χ3n) is 8.94. The molecule has 0 radical (unpaired) electrons. The molecule has 192 valence electrons. The third-order valence-corrected chi connectivity index (χ3v) is 8.94. The minimum absolute atomic E-state index is 0.109. The molecular formula is C26H35N7O3. The average molecular weight is 494 g/mol. The van der Waals surface area contributed by atoms with Crippen LogP contribution in [-0.2, 0) is 20.7 Å². The van der Waals surface area contributed by atoms with Crippen LogP contribution in [0.1, 0.15) is 71.9 Å². The highest BCUT2D eigenvalue weighted by molar-refractivity contribution is 5.94. The Morgan fingerprint density at radius 2 is 1.94 bits per heavy atom. The van der Waals surface area contributed by atoms with Gasteiger partial charge in [0, 0.05) is 6.04 Å². The summed E-state index contributed by atoms with van der Waals surface area (Å²) in [7, 11) is 0. The van der Waals surface area contributed by atoms with Crippen LogP contribution in [-0.4, -0.2) is 59.8 Å². The quantitative estimate of drug-likeness (QED) is 0.540. The van der Waals surface area contributed by atoms with Crippen LogP contribution in [0.25, 0.3) is 5.82 Å². The van der Waals surface area contributed by atoms with E-state index >= 15 is 0 Å². The van der Waals surface area contributed by atoms with Crippen LogP contribution in [0.15, 0.2) is 29.7 Å². The molecule has 3 aliphatic rings. The summed E-state index contributed by atoms with van der Waals surface area (Å²) in [6, 6.07) is 3.99. The van der Waals surface area contributed by atoms with Gasteiger partial charge < -0.3 is 9.64 Å². The second-order valence-corrected chi connectivity index (χ2v) is 11.0. The van der Waals surface area contributed by atoms with Crippen LogP contribution < -0.4 is 0 Å². The van der Waals surface area contributed by atoms with Gasteiger partial charge in [0.15, 0.2) is 5.82 Å². The molecule has 1 aliphatic carbocycles. The van der Waals surface area contributed by atoms with Crippen molar-refractivity contribution in [1.29, 1.82) is 0 Å². The Morgan fingerprint density at radius 1 is 1.17 bits per heavy atom. The molecule has 2 aromatic rings. The fraction of sp³-hybridized carbons (Fsp3) is 0.654. The number of likely N-dealkylation sites (tertiary alicyclic amines) is 1. The van der Waals surface area contributed by atoms with Gasteiger partial charge in [0.2, 0.25) is 5.91 Å². The second kappa shape index (κ2) is 9.71. The first-order valence-electron chi connectivity index (χ1n) is 13.1. The molecule has 4 heterocycles. The summed E-state index contributed by atoms with van der Waals surface area (Å²) in [5, 5.41) is 19.7. The molecule has 1 saturated heterocycles. The summed E-state index contributed by atoms with van der Waals surface area (Å²) in [5.74, 6) is 2.25. The summed E-state index contributed by atoms with van der Waals surface area (Å²) >= 11 is 0. The van der Waals surface area contributed by atoms with Crippen molar-refractivity contribution in [3.63, 3.8) is 0 Å². The zero-order valence-corrected chi connectivity index (χ0v) is 21.6. The van der Waals surface area contributed by atoms with Crippen molar-refractivity contribution in [2.24, 2.45) is 23.2 Å². The Balaban J connectivity index is 1.15. The summed E-state index contributed by atoms with van der Waals surface area (Å²) in [5.41, 5.74) is 2.04. The van der Waals surface area contributed by atoms with E-state index in [4.69, 9.17) is 4.74 Å². The van der Waals surface area contributed by atoms with Crippen molar-refractivity contribution >= 4 is 11.9 Å². The molecule has 2 aliphatic heterocycles. The van der Waals surface area contributed by atoms with Gasteiger partial charge >= 0.3 is 5.97 Å². The number of ether oxygens (including phenoxy) is 1. The maximum atomic E-state index is 13.6. The number of carbonyl (C=O) groups is 2. The normalized spacial score (nSPS) is 28.2. The van der Waals surface area contributed by atoms with E-state index in [2.05, 4.69) is 46.5 Å². The summed E-state index contributed by atoms with van der Waals surface area (Å²) in [4.78, 5) is 27.4. The zero-order valence-electron chi connectivity index (χ0n) is 21.6. The first-order valence-corrected chi connectivity index (χ1v) is 13.1. The molecule has 2 fully saturated rings. The van der Waals surface area contributed by atoms with Crippen molar-refractivity contribution in [3.8, 4) is 5.82 Å². The number of nitrogens with zero attached hydrogens (tertiary/aromatic N) is 7. The molecule has 0 N–H and O–H groups in total. The van der Waals surface area contributed by atoms with Crippen molar-refractivity contribution in [3.05, 3.63) is 35.4 Å². The Labute approximate surface area is 211 Å². The van der Waals surface area contributed by atoms with Crippen molar-refractivity contribution in [2.45, 2.75) is 78.7 Å². The minimum atomic E-state index is -0.299. The lowest BCUT2D eigenvalue weighted by molar-refractivity contribution is -0.139. The first kappa shape index (κ1) is 24.5. The largest absolute Gasteiger partial charge is 0.456 e. The van der Waals surface area contributed by atoms with Crippen LogP contribution in [0.2, 0.25) is 0 Å². The number of aromatic nitrogens is 6. The van der Waals surface area contributed by atoms with Gasteiger partial charge in [-0.3, -0.25) is 4.79 Å². The van der Waals surface area contributed by atoms with Gasteiger partial charge in [0.1, 0.15) is 12.9 Å². The number of hydrogen-bond donors (Lipinski definition) is 0. The lowest BCUT2D eigenvalue weighted by Gasteiger charge is -2.39. The fourth-order valence-corrected chi connectivity index (χ4v) is 6.42. The fourth-order valence-electron chi connectivity index (χ4n) is 6.42.